The molecule has 2 rings (SSSR count). The monoisotopic (exact) mass is 291 g/mol. The average Bonchev–Trinajstić information content (AvgIpc) is 2.42. The van der Waals surface area contributed by atoms with Crippen LogP contribution < -0.4 is 10.1 Å². The molecule has 0 atom stereocenters. The topological polar surface area (TPSA) is 64.1 Å². The number of methoxy groups -OCH3 is 1. The molecular formula is C14H14ClN3O2. The molecule has 0 fully saturated rings. The Morgan fingerprint density at radius 1 is 1.30 bits per heavy atom. The first-order chi connectivity index (χ1) is 9.52. The number of amides is 1. The van der Waals surface area contributed by atoms with Crippen molar-refractivity contribution in [2.24, 2.45) is 0 Å². The van der Waals surface area contributed by atoms with Crippen molar-refractivity contribution in [1.82, 2.24) is 9.97 Å². The van der Waals surface area contributed by atoms with E-state index in [1.165, 1.54) is 12.4 Å². The maximum atomic E-state index is 12.1. The van der Waals surface area contributed by atoms with Crippen molar-refractivity contribution in [2.75, 3.05) is 12.4 Å². The highest BCUT2D eigenvalue weighted by Crippen LogP contribution is 2.29. The SMILES string of the molecule is COc1c(C)ccc(NC(=O)c2cncc(Cl)n2)c1C. The highest BCUT2D eigenvalue weighted by atomic mass is 35.5. The van der Waals surface area contributed by atoms with Crippen LogP contribution in [0.1, 0.15) is 21.6 Å². The number of hydrogen-bond acceptors (Lipinski definition) is 4. The van der Waals surface area contributed by atoms with Crippen LogP contribution in [-0.2, 0) is 0 Å². The van der Waals surface area contributed by atoms with Crippen LogP contribution >= 0.6 is 11.6 Å². The lowest BCUT2D eigenvalue weighted by Gasteiger charge is -2.13. The molecule has 1 aromatic heterocycles. The second kappa shape index (κ2) is 5.88. The van der Waals surface area contributed by atoms with Crippen molar-refractivity contribution >= 4 is 23.2 Å². The summed E-state index contributed by atoms with van der Waals surface area (Å²) in [5, 5.41) is 2.95. The highest BCUT2D eigenvalue weighted by molar-refractivity contribution is 6.29. The van der Waals surface area contributed by atoms with Gasteiger partial charge in [-0.15, -0.1) is 0 Å². The van der Waals surface area contributed by atoms with E-state index in [0.29, 0.717) is 5.69 Å². The van der Waals surface area contributed by atoms with Crippen LogP contribution in [0.5, 0.6) is 5.75 Å². The first-order valence-corrected chi connectivity index (χ1v) is 6.34. The number of carbonyl (C=O) groups excluding carboxylic acids is 1. The summed E-state index contributed by atoms with van der Waals surface area (Å²) < 4.78 is 5.32. The van der Waals surface area contributed by atoms with Crippen LogP contribution in [0.25, 0.3) is 0 Å². The molecule has 0 aliphatic rings. The van der Waals surface area contributed by atoms with E-state index in [1.54, 1.807) is 7.11 Å². The quantitative estimate of drug-likeness (QED) is 0.944. The average molecular weight is 292 g/mol. The minimum atomic E-state index is -0.367. The zero-order valence-corrected chi connectivity index (χ0v) is 12.2. The Morgan fingerprint density at radius 3 is 2.70 bits per heavy atom. The zero-order chi connectivity index (χ0) is 14.7. The van der Waals surface area contributed by atoms with E-state index in [9.17, 15) is 4.79 Å². The summed E-state index contributed by atoms with van der Waals surface area (Å²) in [6.07, 6.45) is 2.74. The molecule has 0 aliphatic heterocycles. The number of carbonyl (C=O) groups is 1. The molecule has 6 heteroatoms. The lowest BCUT2D eigenvalue weighted by Crippen LogP contribution is -2.15. The van der Waals surface area contributed by atoms with Crippen LogP contribution in [0.4, 0.5) is 5.69 Å². The first kappa shape index (κ1) is 14.3. The molecule has 0 saturated heterocycles. The molecule has 104 valence electrons. The zero-order valence-electron chi connectivity index (χ0n) is 11.4. The van der Waals surface area contributed by atoms with Gasteiger partial charge in [-0.1, -0.05) is 17.7 Å². The number of ether oxygens (including phenoxy) is 1. The number of anilines is 1. The summed E-state index contributed by atoms with van der Waals surface area (Å²) in [6.45, 7) is 3.82. The predicted molar refractivity (Wildman–Crippen MR) is 77.5 cm³/mol. The molecule has 0 bridgehead atoms. The summed E-state index contributed by atoms with van der Waals surface area (Å²) in [5.41, 5.74) is 2.69. The summed E-state index contributed by atoms with van der Waals surface area (Å²) in [5.74, 6) is 0.383. The Bertz CT molecular complexity index is 659. The number of hydrogen-bond donors (Lipinski definition) is 1. The first-order valence-electron chi connectivity index (χ1n) is 5.96. The van der Waals surface area contributed by atoms with Gasteiger partial charge in [0.25, 0.3) is 5.91 Å². The smallest absolute Gasteiger partial charge is 0.275 e. The highest BCUT2D eigenvalue weighted by Gasteiger charge is 2.13. The second-order valence-electron chi connectivity index (χ2n) is 4.27. The van der Waals surface area contributed by atoms with Gasteiger partial charge < -0.3 is 10.1 Å². The van der Waals surface area contributed by atoms with Gasteiger partial charge in [-0.05, 0) is 25.5 Å². The number of aryl methyl sites for hydroxylation is 1. The van der Waals surface area contributed by atoms with E-state index < -0.39 is 0 Å². The summed E-state index contributed by atoms with van der Waals surface area (Å²) in [4.78, 5) is 19.8. The Hall–Kier alpha value is -2.14. The van der Waals surface area contributed by atoms with E-state index in [1.807, 2.05) is 26.0 Å². The molecule has 0 radical (unpaired) electrons. The van der Waals surface area contributed by atoms with E-state index in [-0.39, 0.29) is 16.8 Å². The molecule has 1 heterocycles. The van der Waals surface area contributed by atoms with Gasteiger partial charge in [-0.2, -0.15) is 0 Å². The van der Waals surface area contributed by atoms with E-state index in [2.05, 4.69) is 15.3 Å². The van der Waals surface area contributed by atoms with Crippen molar-refractivity contribution in [3.05, 3.63) is 46.5 Å². The van der Waals surface area contributed by atoms with Crippen molar-refractivity contribution < 1.29 is 9.53 Å². The maximum Gasteiger partial charge on any atom is 0.275 e. The third kappa shape index (κ3) is 2.88. The third-order valence-electron chi connectivity index (χ3n) is 2.89. The largest absolute Gasteiger partial charge is 0.496 e. The van der Waals surface area contributed by atoms with E-state index in [0.717, 1.165) is 16.9 Å². The van der Waals surface area contributed by atoms with Gasteiger partial charge >= 0.3 is 0 Å². The van der Waals surface area contributed by atoms with E-state index >= 15 is 0 Å². The van der Waals surface area contributed by atoms with Crippen LogP contribution in [-0.4, -0.2) is 23.0 Å². The van der Waals surface area contributed by atoms with Crippen LogP contribution in [0.3, 0.4) is 0 Å². The molecular weight excluding hydrogens is 278 g/mol. The summed E-state index contributed by atoms with van der Waals surface area (Å²) in [7, 11) is 1.60. The number of benzene rings is 1. The van der Waals surface area contributed by atoms with Crippen molar-refractivity contribution in [3.8, 4) is 5.75 Å². The molecule has 1 N–H and O–H groups in total. The lowest BCUT2D eigenvalue weighted by molar-refractivity contribution is 0.102. The maximum absolute atomic E-state index is 12.1. The third-order valence-corrected chi connectivity index (χ3v) is 3.07. The Labute approximate surface area is 122 Å². The summed E-state index contributed by atoms with van der Waals surface area (Å²) >= 11 is 5.72. The number of halogens is 1. The van der Waals surface area contributed by atoms with Crippen LogP contribution in [0.2, 0.25) is 5.15 Å². The second-order valence-corrected chi connectivity index (χ2v) is 4.66. The van der Waals surface area contributed by atoms with Crippen molar-refractivity contribution in [1.29, 1.82) is 0 Å². The molecule has 0 unspecified atom stereocenters. The molecule has 0 aliphatic carbocycles. The lowest BCUT2D eigenvalue weighted by atomic mass is 10.1. The van der Waals surface area contributed by atoms with Gasteiger partial charge in [0.1, 0.15) is 16.6 Å². The van der Waals surface area contributed by atoms with Crippen molar-refractivity contribution in [2.45, 2.75) is 13.8 Å². The molecule has 1 amide bonds. The van der Waals surface area contributed by atoms with E-state index in [4.69, 9.17) is 16.3 Å². The molecule has 0 saturated carbocycles. The fourth-order valence-electron chi connectivity index (χ4n) is 1.91. The number of nitrogens with one attached hydrogen (secondary N) is 1. The van der Waals surface area contributed by atoms with Gasteiger partial charge in [0.15, 0.2) is 0 Å². The Balaban J connectivity index is 2.29. The Kier molecular flexibility index (Phi) is 4.20. The van der Waals surface area contributed by atoms with Gasteiger partial charge in [0, 0.05) is 11.3 Å². The predicted octanol–water partition coefficient (Wildman–Crippen LogP) is 3.01. The minimum absolute atomic E-state index is 0.163. The summed E-state index contributed by atoms with van der Waals surface area (Å²) in [6, 6.07) is 3.70. The molecule has 2 aromatic rings. The van der Waals surface area contributed by atoms with Crippen LogP contribution in [0, 0.1) is 13.8 Å². The fourth-order valence-corrected chi connectivity index (χ4v) is 2.06. The van der Waals surface area contributed by atoms with Crippen LogP contribution in [0.15, 0.2) is 24.5 Å². The standard InChI is InChI=1S/C14H14ClN3O2/c1-8-4-5-10(9(2)13(8)20-3)18-14(19)11-6-16-7-12(15)17-11/h4-7H,1-3H3,(H,18,19). The Morgan fingerprint density at radius 2 is 2.05 bits per heavy atom. The normalized spacial score (nSPS) is 10.2. The molecule has 20 heavy (non-hydrogen) atoms. The number of aromatic nitrogens is 2. The van der Waals surface area contributed by atoms with Gasteiger partial charge in [0.05, 0.1) is 19.5 Å². The van der Waals surface area contributed by atoms with Gasteiger partial charge in [0.2, 0.25) is 0 Å². The molecule has 1 aromatic carbocycles. The van der Waals surface area contributed by atoms with Crippen molar-refractivity contribution in [3.63, 3.8) is 0 Å². The minimum Gasteiger partial charge on any atom is -0.496 e. The number of nitrogens with zero attached hydrogens (tertiary/aromatic N) is 2. The van der Waals surface area contributed by atoms with Gasteiger partial charge in [-0.25, -0.2) is 4.98 Å². The van der Waals surface area contributed by atoms with Gasteiger partial charge in [-0.3, -0.25) is 9.78 Å². The molecule has 0 spiro atoms. The number of rotatable bonds is 3. The fraction of sp³-hybridized carbons (Fsp3) is 0.214. The molecule has 5 nitrogen and oxygen atoms in total.